The van der Waals surface area contributed by atoms with E-state index in [1.165, 1.54) is 12.5 Å². The van der Waals surface area contributed by atoms with Gasteiger partial charge in [0.15, 0.2) is 0 Å². The molecule has 0 amide bonds. The number of nitriles is 1. The molecule has 0 saturated heterocycles. The van der Waals surface area contributed by atoms with Gasteiger partial charge >= 0.3 is 0 Å². The summed E-state index contributed by atoms with van der Waals surface area (Å²) < 4.78 is 16.2. The van der Waals surface area contributed by atoms with Gasteiger partial charge in [-0.25, -0.2) is 9.37 Å². The van der Waals surface area contributed by atoms with E-state index in [4.69, 9.17) is 5.26 Å². The van der Waals surface area contributed by atoms with Gasteiger partial charge in [0.1, 0.15) is 5.82 Å². The smallest absolute Gasteiger partial charge is 0.261 e. The van der Waals surface area contributed by atoms with Crippen molar-refractivity contribution in [3.8, 4) is 6.07 Å². The lowest BCUT2D eigenvalue weighted by Gasteiger charge is -2.24. The fourth-order valence-electron chi connectivity index (χ4n) is 4.38. The fourth-order valence-corrected chi connectivity index (χ4v) is 4.38. The predicted octanol–water partition coefficient (Wildman–Crippen LogP) is 5.12. The Morgan fingerprint density at radius 3 is 2.59 bits per heavy atom. The van der Waals surface area contributed by atoms with Crippen molar-refractivity contribution in [2.45, 2.75) is 58.4 Å². The van der Waals surface area contributed by atoms with E-state index in [0.29, 0.717) is 22.9 Å². The molecule has 2 aromatic carbocycles. The minimum Gasteiger partial charge on any atom is -0.296 e. The first-order chi connectivity index (χ1) is 14.0. The summed E-state index contributed by atoms with van der Waals surface area (Å²) >= 11 is 0. The Labute approximate surface area is 169 Å². The molecule has 3 aromatic rings. The molecular formula is C24H24FN3O. The van der Waals surface area contributed by atoms with Crippen LogP contribution >= 0.6 is 0 Å². The number of nitrogens with zero attached hydrogens (tertiary/aromatic N) is 3. The molecule has 0 spiro atoms. The summed E-state index contributed by atoms with van der Waals surface area (Å²) in [6.07, 6.45) is 7.62. The number of fused-ring (bicyclic) bond motifs is 1. The molecule has 0 radical (unpaired) electrons. The minimum atomic E-state index is -0.396. The van der Waals surface area contributed by atoms with E-state index < -0.39 is 5.82 Å². The molecule has 0 atom stereocenters. The normalized spacial score (nSPS) is 14.8. The van der Waals surface area contributed by atoms with Gasteiger partial charge in [-0.3, -0.25) is 9.36 Å². The number of hydrogen-bond donors (Lipinski definition) is 0. The largest absolute Gasteiger partial charge is 0.296 e. The van der Waals surface area contributed by atoms with Gasteiger partial charge in [0, 0.05) is 12.5 Å². The Kier molecular flexibility index (Phi) is 5.19. The molecule has 0 unspecified atom stereocenters. The lowest BCUT2D eigenvalue weighted by atomic mass is 9.93. The van der Waals surface area contributed by atoms with Gasteiger partial charge < -0.3 is 0 Å². The molecule has 1 heterocycles. The number of aromatic nitrogens is 2. The highest BCUT2D eigenvalue weighted by Gasteiger charge is 2.19. The molecule has 1 aromatic heterocycles. The summed E-state index contributed by atoms with van der Waals surface area (Å²) in [4.78, 5) is 17.9. The second kappa shape index (κ2) is 7.79. The molecule has 4 nitrogen and oxygen atoms in total. The van der Waals surface area contributed by atoms with Crippen LogP contribution < -0.4 is 5.56 Å². The van der Waals surface area contributed by atoms with Crippen LogP contribution in [0.4, 0.5) is 4.39 Å². The topological polar surface area (TPSA) is 58.7 Å². The standard InChI is InChI=1S/C24H24FN3O/c1-15-16(2)23-21(24(29)28(14-27-23)20-6-4-3-5-7-20)12-19(15)11-18-9-8-17(13-26)10-22(18)25/h8-10,12,14,20H,3-7,11H2,1-2H3. The Morgan fingerprint density at radius 2 is 1.90 bits per heavy atom. The van der Waals surface area contributed by atoms with Crippen molar-refractivity contribution in [1.29, 1.82) is 5.26 Å². The average molecular weight is 389 g/mol. The van der Waals surface area contributed by atoms with Gasteiger partial charge in [0.25, 0.3) is 5.56 Å². The molecule has 4 rings (SSSR count). The summed E-state index contributed by atoms with van der Waals surface area (Å²) in [5.41, 5.74) is 4.43. The van der Waals surface area contributed by atoms with E-state index >= 15 is 0 Å². The van der Waals surface area contributed by atoms with Crippen LogP contribution in [0.15, 0.2) is 35.4 Å². The molecule has 0 bridgehead atoms. The minimum absolute atomic E-state index is 0.00782. The maximum atomic E-state index is 14.4. The quantitative estimate of drug-likeness (QED) is 0.625. The van der Waals surface area contributed by atoms with Crippen molar-refractivity contribution >= 4 is 10.9 Å². The van der Waals surface area contributed by atoms with Gasteiger partial charge in [-0.15, -0.1) is 0 Å². The van der Waals surface area contributed by atoms with E-state index in [1.54, 1.807) is 23.0 Å². The third kappa shape index (κ3) is 3.55. The van der Waals surface area contributed by atoms with E-state index in [1.807, 2.05) is 26.0 Å². The first kappa shape index (κ1) is 19.3. The van der Waals surface area contributed by atoms with Crippen LogP contribution in [0.1, 0.15) is 66.0 Å². The van der Waals surface area contributed by atoms with Gasteiger partial charge in [0.2, 0.25) is 0 Å². The van der Waals surface area contributed by atoms with Crippen molar-refractivity contribution in [3.05, 3.63) is 74.6 Å². The summed E-state index contributed by atoms with van der Waals surface area (Å²) in [6, 6.07) is 8.59. The fraction of sp³-hybridized carbons (Fsp3) is 0.375. The number of hydrogen-bond acceptors (Lipinski definition) is 3. The molecule has 148 valence electrons. The molecular weight excluding hydrogens is 365 g/mol. The van der Waals surface area contributed by atoms with E-state index in [0.717, 1.165) is 47.9 Å². The third-order valence-electron chi connectivity index (χ3n) is 6.28. The van der Waals surface area contributed by atoms with Crippen LogP contribution in [0.3, 0.4) is 0 Å². The van der Waals surface area contributed by atoms with Crippen LogP contribution in [0.25, 0.3) is 10.9 Å². The second-order valence-electron chi connectivity index (χ2n) is 8.03. The lowest BCUT2D eigenvalue weighted by molar-refractivity contribution is 0.345. The van der Waals surface area contributed by atoms with Crippen LogP contribution in [0.5, 0.6) is 0 Å². The molecule has 1 fully saturated rings. The zero-order valence-corrected chi connectivity index (χ0v) is 16.8. The predicted molar refractivity (Wildman–Crippen MR) is 112 cm³/mol. The Bertz CT molecular complexity index is 1180. The Hall–Kier alpha value is -3.00. The van der Waals surface area contributed by atoms with Crippen molar-refractivity contribution < 1.29 is 4.39 Å². The molecule has 0 aliphatic heterocycles. The first-order valence-corrected chi connectivity index (χ1v) is 10.2. The van der Waals surface area contributed by atoms with Crippen molar-refractivity contribution in [1.82, 2.24) is 9.55 Å². The summed E-state index contributed by atoms with van der Waals surface area (Å²) in [6.45, 7) is 3.95. The number of halogens is 1. The van der Waals surface area contributed by atoms with E-state index in [2.05, 4.69) is 4.98 Å². The average Bonchev–Trinajstić information content (AvgIpc) is 2.74. The van der Waals surface area contributed by atoms with Crippen LogP contribution in [-0.4, -0.2) is 9.55 Å². The second-order valence-corrected chi connectivity index (χ2v) is 8.03. The van der Waals surface area contributed by atoms with Gasteiger partial charge in [-0.1, -0.05) is 25.3 Å². The molecule has 1 aliphatic rings. The molecule has 1 saturated carbocycles. The Morgan fingerprint density at radius 1 is 1.14 bits per heavy atom. The van der Waals surface area contributed by atoms with Gasteiger partial charge in [0.05, 0.1) is 28.9 Å². The zero-order valence-electron chi connectivity index (χ0n) is 16.8. The third-order valence-corrected chi connectivity index (χ3v) is 6.28. The number of rotatable bonds is 3. The molecule has 0 N–H and O–H groups in total. The van der Waals surface area contributed by atoms with Gasteiger partial charge in [-0.2, -0.15) is 5.26 Å². The van der Waals surface area contributed by atoms with Crippen molar-refractivity contribution in [2.75, 3.05) is 0 Å². The van der Waals surface area contributed by atoms with E-state index in [-0.39, 0.29) is 11.6 Å². The molecule has 29 heavy (non-hydrogen) atoms. The number of aryl methyl sites for hydroxylation is 1. The number of benzene rings is 2. The van der Waals surface area contributed by atoms with Gasteiger partial charge in [-0.05, 0) is 67.1 Å². The van der Waals surface area contributed by atoms with E-state index in [9.17, 15) is 9.18 Å². The molecule has 5 heteroatoms. The van der Waals surface area contributed by atoms with Crippen LogP contribution in [0, 0.1) is 31.0 Å². The summed E-state index contributed by atoms with van der Waals surface area (Å²) in [5.74, 6) is -0.396. The zero-order chi connectivity index (χ0) is 20.5. The van der Waals surface area contributed by atoms with Crippen LogP contribution in [0.2, 0.25) is 0 Å². The maximum Gasteiger partial charge on any atom is 0.261 e. The van der Waals surface area contributed by atoms with Crippen molar-refractivity contribution in [3.63, 3.8) is 0 Å². The lowest BCUT2D eigenvalue weighted by Crippen LogP contribution is -2.27. The highest BCUT2D eigenvalue weighted by atomic mass is 19.1. The monoisotopic (exact) mass is 389 g/mol. The van der Waals surface area contributed by atoms with Crippen molar-refractivity contribution in [2.24, 2.45) is 0 Å². The highest BCUT2D eigenvalue weighted by molar-refractivity contribution is 5.83. The van der Waals surface area contributed by atoms with Crippen LogP contribution in [-0.2, 0) is 6.42 Å². The Balaban J connectivity index is 1.80. The summed E-state index contributed by atoms with van der Waals surface area (Å²) in [5, 5.41) is 9.55. The summed E-state index contributed by atoms with van der Waals surface area (Å²) in [7, 11) is 0. The first-order valence-electron chi connectivity index (χ1n) is 10.2. The highest BCUT2D eigenvalue weighted by Crippen LogP contribution is 2.29. The molecule has 1 aliphatic carbocycles. The maximum absolute atomic E-state index is 14.4. The SMILES string of the molecule is Cc1c(Cc2ccc(C#N)cc2F)cc2c(=O)n(C3CCCCC3)cnc2c1C.